The molecule has 25 heavy (non-hydrogen) atoms. The summed E-state index contributed by atoms with van der Waals surface area (Å²) in [6.07, 6.45) is 7.13. The van der Waals surface area contributed by atoms with Crippen LogP contribution in [-0.2, 0) is 11.8 Å². The number of imidazole rings is 1. The third kappa shape index (κ3) is 3.30. The zero-order chi connectivity index (χ0) is 17.2. The lowest BCUT2D eigenvalue weighted by Gasteiger charge is -2.33. The number of hydrogen-bond acceptors (Lipinski definition) is 4. The van der Waals surface area contributed by atoms with E-state index in [0.29, 0.717) is 13.0 Å². The van der Waals surface area contributed by atoms with Crippen molar-refractivity contribution in [1.82, 2.24) is 20.2 Å². The maximum atomic E-state index is 11.9. The van der Waals surface area contributed by atoms with E-state index >= 15 is 0 Å². The van der Waals surface area contributed by atoms with E-state index in [1.807, 2.05) is 36.0 Å². The number of fused-ring (bicyclic) bond motifs is 1. The standard InChI is InChI=1S/C19H22N4O2/c1-23-12-20-10-16(23)19-15(6-7-18(24)22-19)21-9-13-8-14-4-2-3-5-17(14)25-11-13/h2-5,8,10,12,15,19,21H,6-7,9,11H2,1H3,(H,22,24)/t15-,19-/m1/s1. The average molecular weight is 338 g/mol. The van der Waals surface area contributed by atoms with Gasteiger partial charge in [0.2, 0.25) is 5.91 Å². The highest BCUT2D eigenvalue weighted by molar-refractivity contribution is 5.77. The smallest absolute Gasteiger partial charge is 0.220 e. The van der Waals surface area contributed by atoms with Crippen LogP contribution in [0.25, 0.3) is 6.08 Å². The first-order valence-corrected chi connectivity index (χ1v) is 8.61. The summed E-state index contributed by atoms with van der Waals surface area (Å²) in [6.45, 7) is 1.34. The van der Waals surface area contributed by atoms with Gasteiger partial charge < -0.3 is 19.9 Å². The van der Waals surface area contributed by atoms with Crippen LogP contribution in [0.15, 0.2) is 42.4 Å². The predicted octanol–water partition coefficient (Wildman–Crippen LogP) is 1.81. The largest absolute Gasteiger partial charge is 0.489 e. The molecule has 0 unspecified atom stereocenters. The highest BCUT2D eigenvalue weighted by atomic mass is 16.5. The number of rotatable bonds is 4. The van der Waals surface area contributed by atoms with Gasteiger partial charge in [-0.2, -0.15) is 0 Å². The first-order chi connectivity index (χ1) is 12.2. The number of carbonyl (C=O) groups is 1. The van der Waals surface area contributed by atoms with Crippen LogP contribution in [0.2, 0.25) is 0 Å². The van der Waals surface area contributed by atoms with Gasteiger partial charge in [0.1, 0.15) is 12.4 Å². The molecule has 1 amide bonds. The quantitative estimate of drug-likeness (QED) is 0.892. The number of nitrogens with one attached hydrogen (secondary N) is 2. The SMILES string of the molecule is Cn1cncc1[C@@H]1NC(=O)CC[C@H]1NCC1=Cc2ccccc2OC1. The lowest BCUT2D eigenvalue weighted by molar-refractivity contribution is -0.124. The van der Waals surface area contributed by atoms with Gasteiger partial charge in [-0.3, -0.25) is 4.79 Å². The summed E-state index contributed by atoms with van der Waals surface area (Å²) < 4.78 is 7.78. The Bertz CT molecular complexity index is 811. The van der Waals surface area contributed by atoms with Crippen LogP contribution in [0, 0.1) is 0 Å². The summed E-state index contributed by atoms with van der Waals surface area (Å²) in [4.78, 5) is 16.1. The van der Waals surface area contributed by atoms with Gasteiger partial charge >= 0.3 is 0 Å². The van der Waals surface area contributed by atoms with Gasteiger partial charge in [0.25, 0.3) is 0 Å². The van der Waals surface area contributed by atoms with E-state index in [0.717, 1.165) is 30.0 Å². The number of aryl methyl sites for hydroxylation is 1. The summed E-state index contributed by atoms with van der Waals surface area (Å²) >= 11 is 0. The van der Waals surface area contributed by atoms with Crippen molar-refractivity contribution in [1.29, 1.82) is 0 Å². The van der Waals surface area contributed by atoms with Gasteiger partial charge in [0, 0.05) is 31.6 Å². The number of para-hydroxylation sites is 1. The summed E-state index contributed by atoms with van der Waals surface area (Å²) in [5, 5.41) is 6.70. The second-order valence-corrected chi connectivity index (χ2v) is 6.63. The monoisotopic (exact) mass is 338 g/mol. The van der Waals surface area contributed by atoms with E-state index in [1.54, 1.807) is 6.33 Å². The fourth-order valence-electron chi connectivity index (χ4n) is 3.49. The zero-order valence-electron chi connectivity index (χ0n) is 14.2. The predicted molar refractivity (Wildman–Crippen MR) is 95.0 cm³/mol. The van der Waals surface area contributed by atoms with Gasteiger partial charge in [0.05, 0.1) is 24.3 Å². The second-order valence-electron chi connectivity index (χ2n) is 6.63. The summed E-state index contributed by atoms with van der Waals surface area (Å²) in [5.74, 6) is 1.03. The van der Waals surface area contributed by atoms with Gasteiger partial charge in [-0.15, -0.1) is 0 Å². The normalized spacial score (nSPS) is 22.6. The number of amides is 1. The molecule has 6 nitrogen and oxygen atoms in total. The minimum Gasteiger partial charge on any atom is -0.489 e. The molecule has 2 atom stereocenters. The average Bonchev–Trinajstić information content (AvgIpc) is 3.06. The van der Waals surface area contributed by atoms with E-state index in [4.69, 9.17) is 4.74 Å². The van der Waals surface area contributed by atoms with Crippen LogP contribution < -0.4 is 15.4 Å². The van der Waals surface area contributed by atoms with Crippen molar-refractivity contribution in [2.24, 2.45) is 7.05 Å². The van der Waals surface area contributed by atoms with Crippen molar-refractivity contribution in [3.05, 3.63) is 53.6 Å². The highest BCUT2D eigenvalue weighted by Crippen LogP contribution is 2.27. The van der Waals surface area contributed by atoms with Crippen molar-refractivity contribution in [3.8, 4) is 5.75 Å². The topological polar surface area (TPSA) is 68.2 Å². The van der Waals surface area contributed by atoms with Crippen LogP contribution in [0.4, 0.5) is 0 Å². The molecule has 0 spiro atoms. The van der Waals surface area contributed by atoms with Crippen LogP contribution in [0.1, 0.15) is 30.1 Å². The van der Waals surface area contributed by atoms with Crippen LogP contribution in [0.3, 0.4) is 0 Å². The first-order valence-electron chi connectivity index (χ1n) is 8.61. The summed E-state index contributed by atoms with van der Waals surface area (Å²) in [6, 6.07) is 8.17. The molecule has 2 aliphatic rings. The Kier molecular flexibility index (Phi) is 4.28. The van der Waals surface area contributed by atoms with Crippen molar-refractivity contribution < 1.29 is 9.53 Å². The Hall–Kier alpha value is -2.60. The third-order valence-electron chi connectivity index (χ3n) is 4.86. The van der Waals surface area contributed by atoms with Crippen molar-refractivity contribution in [3.63, 3.8) is 0 Å². The van der Waals surface area contributed by atoms with Crippen molar-refractivity contribution >= 4 is 12.0 Å². The summed E-state index contributed by atoms with van der Waals surface area (Å²) in [7, 11) is 1.95. The van der Waals surface area contributed by atoms with E-state index in [2.05, 4.69) is 27.8 Å². The van der Waals surface area contributed by atoms with E-state index in [-0.39, 0.29) is 18.0 Å². The van der Waals surface area contributed by atoms with Gasteiger partial charge in [0.15, 0.2) is 0 Å². The molecule has 1 saturated heterocycles. The Labute approximate surface area is 146 Å². The van der Waals surface area contributed by atoms with Crippen molar-refractivity contribution in [2.75, 3.05) is 13.2 Å². The number of ether oxygens (including phenoxy) is 1. The van der Waals surface area contributed by atoms with Crippen LogP contribution in [-0.4, -0.2) is 34.7 Å². The number of piperidine rings is 1. The molecule has 2 N–H and O–H groups in total. The Balaban J connectivity index is 1.47. The molecular weight excluding hydrogens is 316 g/mol. The fourth-order valence-corrected chi connectivity index (χ4v) is 3.49. The Morgan fingerprint density at radius 1 is 1.40 bits per heavy atom. The lowest BCUT2D eigenvalue weighted by Crippen LogP contribution is -2.49. The number of nitrogens with zero attached hydrogens (tertiary/aromatic N) is 2. The molecule has 2 aliphatic heterocycles. The molecule has 130 valence electrons. The molecule has 1 fully saturated rings. The van der Waals surface area contributed by atoms with E-state index in [9.17, 15) is 4.79 Å². The highest BCUT2D eigenvalue weighted by Gasteiger charge is 2.31. The van der Waals surface area contributed by atoms with Crippen molar-refractivity contribution in [2.45, 2.75) is 24.9 Å². The van der Waals surface area contributed by atoms with Gasteiger partial charge in [-0.25, -0.2) is 4.98 Å². The number of benzene rings is 1. The van der Waals surface area contributed by atoms with Crippen LogP contribution >= 0.6 is 0 Å². The van der Waals surface area contributed by atoms with Gasteiger partial charge in [-0.05, 0) is 24.1 Å². The lowest BCUT2D eigenvalue weighted by atomic mass is 9.95. The number of aromatic nitrogens is 2. The van der Waals surface area contributed by atoms with E-state index < -0.39 is 0 Å². The molecule has 4 rings (SSSR count). The molecule has 2 aromatic rings. The van der Waals surface area contributed by atoms with E-state index in [1.165, 1.54) is 5.57 Å². The molecule has 1 aromatic carbocycles. The molecule has 0 saturated carbocycles. The van der Waals surface area contributed by atoms with Crippen LogP contribution in [0.5, 0.6) is 5.75 Å². The number of hydrogen-bond donors (Lipinski definition) is 2. The fraction of sp³-hybridized carbons (Fsp3) is 0.368. The zero-order valence-corrected chi connectivity index (χ0v) is 14.2. The number of carbonyl (C=O) groups excluding carboxylic acids is 1. The Morgan fingerprint density at radius 2 is 2.28 bits per heavy atom. The minimum atomic E-state index is -0.0638. The molecule has 0 aliphatic carbocycles. The minimum absolute atomic E-state index is 0.0638. The molecule has 6 heteroatoms. The molecule has 0 radical (unpaired) electrons. The molecule has 1 aromatic heterocycles. The molecular formula is C19H22N4O2. The third-order valence-corrected chi connectivity index (χ3v) is 4.86. The first kappa shape index (κ1) is 15.9. The second kappa shape index (κ2) is 6.72. The maximum absolute atomic E-state index is 11.9. The van der Waals surface area contributed by atoms with Gasteiger partial charge in [-0.1, -0.05) is 18.2 Å². The summed E-state index contributed by atoms with van der Waals surface area (Å²) in [5.41, 5.74) is 3.34. The molecule has 3 heterocycles. The Morgan fingerprint density at radius 3 is 3.12 bits per heavy atom. The molecule has 0 bridgehead atoms. The maximum Gasteiger partial charge on any atom is 0.220 e.